The van der Waals surface area contributed by atoms with Crippen LogP contribution in [0.15, 0.2) is 24.3 Å². The van der Waals surface area contributed by atoms with Crippen molar-refractivity contribution in [3.63, 3.8) is 0 Å². The van der Waals surface area contributed by atoms with E-state index >= 15 is 0 Å². The molecule has 1 aromatic rings. The van der Waals surface area contributed by atoms with Gasteiger partial charge in [0.1, 0.15) is 0 Å². The average molecular weight is 257 g/mol. The van der Waals surface area contributed by atoms with E-state index in [9.17, 15) is 8.42 Å². The minimum absolute atomic E-state index is 0.106. The van der Waals surface area contributed by atoms with Crippen LogP contribution in [-0.2, 0) is 16.8 Å². The lowest BCUT2D eigenvalue weighted by Crippen LogP contribution is -2.42. The summed E-state index contributed by atoms with van der Waals surface area (Å²) in [6.45, 7) is 4.01. The molecule has 0 aliphatic heterocycles. The Morgan fingerprint density at radius 2 is 1.82 bits per heavy atom. The van der Waals surface area contributed by atoms with E-state index in [1.165, 1.54) is 11.4 Å². The first-order chi connectivity index (χ1) is 7.86. The third kappa shape index (κ3) is 3.69. The lowest BCUT2D eigenvalue weighted by atomic mass is 10.2. The Hall–Kier alpha value is -1.11. The summed E-state index contributed by atoms with van der Waals surface area (Å²) in [5.74, 6) is 0. The van der Waals surface area contributed by atoms with Crippen LogP contribution >= 0.6 is 0 Å². The van der Waals surface area contributed by atoms with E-state index in [2.05, 4.69) is 4.72 Å². The molecule has 0 unspecified atom stereocenters. The van der Waals surface area contributed by atoms with Gasteiger partial charge in [0.05, 0.1) is 0 Å². The smallest absolute Gasteiger partial charge is 0.279 e. The molecule has 0 fully saturated rings. The molecule has 0 spiro atoms. The molecule has 0 atom stereocenters. The second-order valence-corrected chi connectivity index (χ2v) is 5.92. The Balaban J connectivity index is 2.92. The second-order valence-electron chi connectivity index (χ2n) is 4.09. The third-order valence-electron chi connectivity index (χ3n) is 2.46. The quantitative estimate of drug-likeness (QED) is 0.771. The van der Waals surface area contributed by atoms with Gasteiger partial charge in [0, 0.05) is 25.3 Å². The van der Waals surface area contributed by atoms with Gasteiger partial charge in [-0.2, -0.15) is 12.7 Å². The molecule has 3 N–H and O–H groups in total. The molecular weight excluding hydrogens is 238 g/mol. The van der Waals surface area contributed by atoms with Gasteiger partial charge in [-0.25, -0.2) is 4.72 Å². The largest absolute Gasteiger partial charge is 0.399 e. The van der Waals surface area contributed by atoms with Crippen molar-refractivity contribution in [2.45, 2.75) is 26.4 Å². The number of nitrogens with one attached hydrogen (secondary N) is 1. The van der Waals surface area contributed by atoms with Gasteiger partial charge in [-0.05, 0) is 31.5 Å². The third-order valence-corrected chi connectivity index (χ3v) is 4.14. The molecule has 0 aliphatic rings. The number of anilines is 1. The summed E-state index contributed by atoms with van der Waals surface area (Å²) in [5.41, 5.74) is 7.16. The molecule has 0 bridgehead atoms. The van der Waals surface area contributed by atoms with Crippen molar-refractivity contribution in [1.29, 1.82) is 0 Å². The SMILES string of the molecule is CNS(=O)(=O)N(Cc1ccc(N)cc1)C(C)C. The molecule has 0 amide bonds. The first kappa shape index (κ1) is 14.0. The molecule has 0 saturated heterocycles. The molecule has 5 nitrogen and oxygen atoms in total. The van der Waals surface area contributed by atoms with Crippen LogP contribution in [0.5, 0.6) is 0 Å². The highest BCUT2D eigenvalue weighted by atomic mass is 32.2. The molecule has 0 aromatic heterocycles. The first-order valence-corrected chi connectivity index (χ1v) is 6.85. The maximum absolute atomic E-state index is 11.8. The summed E-state index contributed by atoms with van der Waals surface area (Å²) in [4.78, 5) is 0. The van der Waals surface area contributed by atoms with Crippen LogP contribution in [-0.4, -0.2) is 25.8 Å². The fourth-order valence-corrected chi connectivity index (χ4v) is 2.57. The van der Waals surface area contributed by atoms with E-state index in [0.29, 0.717) is 12.2 Å². The maximum Gasteiger partial charge on any atom is 0.279 e. The van der Waals surface area contributed by atoms with Crippen LogP contribution in [0.1, 0.15) is 19.4 Å². The van der Waals surface area contributed by atoms with Gasteiger partial charge in [-0.15, -0.1) is 0 Å². The summed E-state index contributed by atoms with van der Waals surface area (Å²) in [7, 11) is -2.01. The van der Waals surface area contributed by atoms with Gasteiger partial charge in [0.2, 0.25) is 0 Å². The van der Waals surface area contributed by atoms with E-state index in [-0.39, 0.29) is 6.04 Å². The van der Waals surface area contributed by atoms with Crippen LogP contribution in [0, 0.1) is 0 Å². The topological polar surface area (TPSA) is 75.4 Å². The normalized spacial score (nSPS) is 12.3. The minimum Gasteiger partial charge on any atom is -0.399 e. The summed E-state index contributed by atoms with van der Waals surface area (Å²) >= 11 is 0. The number of benzene rings is 1. The minimum atomic E-state index is -3.42. The zero-order valence-corrected chi connectivity index (χ0v) is 11.2. The van der Waals surface area contributed by atoms with E-state index in [1.54, 1.807) is 12.1 Å². The predicted molar refractivity (Wildman–Crippen MR) is 69.5 cm³/mol. The number of rotatable bonds is 5. The lowest BCUT2D eigenvalue weighted by molar-refractivity contribution is 0.344. The van der Waals surface area contributed by atoms with Crippen LogP contribution in [0.3, 0.4) is 0 Å². The van der Waals surface area contributed by atoms with Crippen LogP contribution in [0.4, 0.5) is 5.69 Å². The van der Waals surface area contributed by atoms with Crippen molar-refractivity contribution in [2.75, 3.05) is 12.8 Å². The summed E-state index contributed by atoms with van der Waals surface area (Å²) in [6.07, 6.45) is 0. The Morgan fingerprint density at radius 3 is 2.24 bits per heavy atom. The predicted octanol–water partition coefficient (Wildman–Crippen LogP) is 0.943. The molecule has 96 valence electrons. The molecule has 1 aromatic carbocycles. The average Bonchev–Trinajstić information content (AvgIpc) is 2.27. The zero-order valence-electron chi connectivity index (χ0n) is 10.3. The maximum atomic E-state index is 11.8. The van der Waals surface area contributed by atoms with Gasteiger partial charge in [-0.3, -0.25) is 0 Å². The fraction of sp³-hybridized carbons (Fsp3) is 0.455. The monoisotopic (exact) mass is 257 g/mol. The van der Waals surface area contributed by atoms with E-state index in [0.717, 1.165) is 5.56 Å². The number of nitrogens with two attached hydrogens (primary N) is 1. The zero-order chi connectivity index (χ0) is 13.1. The van der Waals surface area contributed by atoms with Crippen molar-refractivity contribution >= 4 is 15.9 Å². The Morgan fingerprint density at radius 1 is 1.29 bits per heavy atom. The summed E-state index contributed by atoms with van der Waals surface area (Å²) in [5, 5.41) is 0. The molecular formula is C11H19N3O2S. The highest BCUT2D eigenvalue weighted by Crippen LogP contribution is 2.13. The highest BCUT2D eigenvalue weighted by Gasteiger charge is 2.23. The van der Waals surface area contributed by atoms with E-state index < -0.39 is 10.2 Å². The fourth-order valence-electron chi connectivity index (χ4n) is 1.47. The molecule has 0 heterocycles. The molecule has 0 radical (unpaired) electrons. The van der Waals surface area contributed by atoms with Crippen molar-refractivity contribution < 1.29 is 8.42 Å². The van der Waals surface area contributed by atoms with Crippen molar-refractivity contribution in [1.82, 2.24) is 9.03 Å². The van der Waals surface area contributed by atoms with E-state index in [1.807, 2.05) is 26.0 Å². The van der Waals surface area contributed by atoms with Crippen molar-refractivity contribution in [3.8, 4) is 0 Å². The molecule has 0 aliphatic carbocycles. The molecule has 17 heavy (non-hydrogen) atoms. The highest BCUT2D eigenvalue weighted by molar-refractivity contribution is 7.87. The Bertz CT molecular complexity index is 454. The van der Waals surface area contributed by atoms with Crippen molar-refractivity contribution in [3.05, 3.63) is 29.8 Å². The van der Waals surface area contributed by atoms with Crippen LogP contribution in [0.2, 0.25) is 0 Å². The van der Waals surface area contributed by atoms with Gasteiger partial charge in [-0.1, -0.05) is 12.1 Å². The number of hydrogen-bond acceptors (Lipinski definition) is 3. The van der Waals surface area contributed by atoms with Crippen LogP contribution < -0.4 is 10.5 Å². The first-order valence-electron chi connectivity index (χ1n) is 5.41. The van der Waals surface area contributed by atoms with Gasteiger partial charge in [0.15, 0.2) is 0 Å². The number of nitrogens with zero attached hydrogens (tertiary/aromatic N) is 1. The summed E-state index contributed by atoms with van der Waals surface area (Å²) < 4.78 is 27.3. The summed E-state index contributed by atoms with van der Waals surface area (Å²) in [6, 6.07) is 7.08. The molecule has 6 heteroatoms. The molecule has 1 rings (SSSR count). The standard InChI is InChI=1S/C11H19N3O2S/c1-9(2)14(17(15,16)13-3)8-10-4-6-11(12)7-5-10/h4-7,9,13H,8,12H2,1-3H3. The molecule has 0 saturated carbocycles. The van der Waals surface area contributed by atoms with Crippen LogP contribution in [0.25, 0.3) is 0 Å². The number of nitrogen functional groups attached to an aromatic ring is 1. The Kier molecular flexibility index (Phi) is 4.50. The van der Waals surface area contributed by atoms with Gasteiger partial charge < -0.3 is 5.73 Å². The lowest BCUT2D eigenvalue weighted by Gasteiger charge is -2.25. The van der Waals surface area contributed by atoms with Gasteiger partial charge >= 0.3 is 0 Å². The Labute approximate surface area is 103 Å². The number of hydrogen-bond donors (Lipinski definition) is 2. The van der Waals surface area contributed by atoms with E-state index in [4.69, 9.17) is 5.73 Å². The second kappa shape index (κ2) is 5.48. The van der Waals surface area contributed by atoms with Crippen molar-refractivity contribution in [2.24, 2.45) is 0 Å². The van der Waals surface area contributed by atoms with Gasteiger partial charge in [0.25, 0.3) is 10.2 Å².